The first-order valence-corrected chi connectivity index (χ1v) is 7.64. The zero-order valence-corrected chi connectivity index (χ0v) is 14.0. The van der Waals surface area contributed by atoms with E-state index in [9.17, 15) is 4.79 Å². The summed E-state index contributed by atoms with van der Waals surface area (Å²) in [6.45, 7) is 11.9. The minimum absolute atomic E-state index is 0.226. The molecule has 0 aliphatic carbocycles. The third-order valence-corrected chi connectivity index (χ3v) is 3.22. The van der Waals surface area contributed by atoms with Crippen LogP contribution >= 0.6 is 0 Å². The summed E-state index contributed by atoms with van der Waals surface area (Å²) in [7, 11) is 1.40. The van der Waals surface area contributed by atoms with Crippen LogP contribution in [0.5, 0.6) is 0 Å². The average Bonchev–Trinajstić information content (AvgIpc) is 2.35. The van der Waals surface area contributed by atoms with Crippen molar-refractivity contribution < 1.29 is 19.0 Å². The predicted octanol–water partition coefficient (Wildman–Crippen LogP) is 3.78. The summed E-state index contributed by atoms with van der Waals surface area (Å²) in [5.41, 5.74) is 0. The summed E-state index contributed by atoms with van der Waals surface area (Å²) in [5.74, 6) is 0.264. The highest BCUT2D eigenvalue weighted by atomic mass is 16.7. The maximum Gasteiger partial charge on any atom is 0.305 e. The van der Waals surface area contributed by atoms with E-state index in [1.165, 1.54) is 7.11 Å². The van der Waals surface area contributed by atoms with E-state index >= 15 is 0 Å². The number of rotatable bonds is 11. The Bertz CT molecular complexity index is 247. The monoisotopic (exact) mass is 288 g/mol. The molecular formula is C16H32O4. The van der Waals surface area contributed by atoms with Gasteiger partial charge in [0.15, 0.2) is 5.79 Å². The van der Waals surface area contributed by atoms with Crippen LogP contribution in [0.3, 0.4) is 0 Å². The van der Waals surface area contributed by atoms with Gasteiger partial charge in [0, 0.05) is 6.42 Å². The van der Waals surface area contributed by atoms with Gasteiger partial charge in [-0.1, -0.05) is 27.7 Å². The number of esters is 1. The van der Waals surface area contributed by atoms with E-state index in [4.69, 9.17) is 9.47 Å². The molecule has 0 aromatic carbocycles. The molecule has 0 radical (unpaired) electrons. The molecule has 0 aliphatic rings. The number of ether oxygens (including phenoxy) is 3. The predicted molar refractivity (Wildman–Crippen MR) is 80.5 cm³/mol. The summed E-state index contributed by atoms with van der Waals surface area (Å²) < 4.78 is 16.5. The molecule has 0 aliphatic heterocycles. The minimum Gasteiger partial charge on any atom is -0.469 e. The molecule has 120 valence electrons. The molecule has 4 nitrogen and oxygen atoms in total. The SMILES string of the molecule is COC(=O)CCC(C)(OCCC(C)C)OCCC(C)C. The molecule has 0 heterocycles. The zero-order chi connectivity index (χ0) is 15.6. The van der Waals surface area contributed by atoms with Gasteiger partial charge in [0.25, 0.3) is 0 Å². The van der Waals surface area contributed by atoms with Crippen molar-refractivity contribution >= 4 is 5.97 Å². The fourth-order valence-electron chi connectivity index (χ4n) is 1.64. The second kappa shape index (κ2) is 10.2. The van der Waals surface area contributed by atoms with Crippen LogP contribution in [-0.4, -0.2) is 32.1 Å². The molecule has 0 unspecified atom stereocenters. The fraction of sp³-hybridized carbons (Fsp3) is 0.938. The van der Waals surface area contributed by atoms with Crippen molar-refractivity contribution in [2.45, 2.75) is 66.1 Å². The van der Waals surface area contributed by atoms with Crippen LogP contribution in [0, 0.1) is 11.8 Å². The second-order valence-corrected chi connectivity index (χ2v) is 6.27. The second-order valence-electron chi connectivity index (χ2n) is 6.27. The van der Waals surface area contributed by atoms with E-state index in [1.54, 1.807) is 0 Å². The highest BCUT2D eigenvalue weighted by Crippen LogP contribution is 2.22. The molecule has 0 N–H and O–H groups in total. The molecule has 0 fully saturated rings. The van der Waals surface area contributed by atoms with Crippen LogP contribution in [-0.2, 0) is 19.0 Å². The first kappa shape index (κ1) is 19.4. The van der Waals surface area contributed by atoms with Gasteiger partial charge in [-0.3, -0.25) is 4.79 Å². The Balaban J connectivity index is 4.29. The molecule has 0 rings (SSSR count). The van der Waals surface area contributed by atoms with Gasteiger partial charge >= 0.3 is 5.97 Å². The van der Waals surface area contributed by atoms with Crippen LogP contribution in [0.2, 0.25) is 0 Å². The smallest absolute Gasteiger partial charge is 0.305 e. The van der Waals surface area contributed by atoms with Crippen molar-refractivity contribution in [1.29, 1.82) is 0 Å². The van der Waals surface area contributed by atoms with Gasteiger partial charge in [-0.15, -0.1) is 0 Å². The van der Waals surface area contributed by atoms with Crippen molar-refractivity contribution in [3.05, 3.63) is 0 Å². The first-order valence-electron chi connectivity index (χ1n) is 7.64. The van der Waals surface area contributed by atoms with E-state index in [0.717, 1.165) is 12.8 Å². The lowest BCUT2D eigenvalue weighted by Gasteiger charge is -2.30. The normalized spacial score (nSPS) is 12.2. The third kappa shape index (κ3) is 10.2. The van der Waals surface area contributed by atoms with Gasteiger partial charge in [-0.2, -0.15) is 0 Å². The van der Waals surface area contributed by atoms with Crippen molar-refractivity contribution in [2.75, 3.05) is 20.3 Å². The molecule has 0 amide bonds. The first-order chi connectivity index (χ1) is 9.29. The van der Waals surface area contributed by atoms with Gasteiger partial charge in [-0.05, 0) is 31.6 Å². The maximum atomic E-state index is 11.3. The largest absolute Gasteiger partial charge is 0.469 e. The summed E-state index contributed by atoms with van der Waals surface area (Å²) in [6, 6.07) is 0. The lowest BCUT2D eigenvalue weighted by atomic mass is 10.1. The molecule has 0 spiro atoms. The average molecular weight is 288 g/mol. The topological polar surface area (TPSA) is 44.8 Å². The Morgan fingerprint density at radius 3 is 1.80 bits per heavy atom. The Hall–Kier alpha value is -0.610. The molecule has 20 heavy (non-hydrogen) atoms. The highest BCUT2D eigenvalue weighted by Gasteiger charge is 2.27. The quantitative estimate of drug-likeness (QED) is 0.429. The summed E-state index contributed by atoms with van der Waals surface area (Å²) in [4.78, 5) is 11.3. The Labute approximate surface area is 124 Å². The van der Waals surface area contributed by atoms with Crippen LogP contribution in [0.1, 0.15) is 60.3 Å². The van der Waals surface area contributed by atoms with E-state index in [1.807, 2.05) is 6.92 Å². The lowest BCUT2D eigenvalue weighted by Crippen LogP contribution is -2.34. The van der Waals surface area contributed by atoms with Crippen molar-refractivity contribution in [1.82, 2.24) is 0 Å². The van der Waals surface area contributed by atoms with Gasteiger partial charge in [-0.25, -0.2) is 0 Å². The van der Waals surface area contributed by atoms with Crippen molar-refractivity contribution in [3.8, 4) is 0 Å². The minimum atomic E-state index is -0.696. The lowest BCUT2D eigenvalue weighted by molar-refractivity contribution is -0.233. The van der Waals surface area contributed by atoms with Gasteiger partial charge < -0.3 is 14.2 Å². The van der Waals surface area contributed by atoms with E-state index in [2.05, 4.69) is 32.4 Å². The summed E-state index contributed by atoms with van der Waals surface area (Å²) in [5, 5.41) is 0. The number of methoxy groups -OCH3 is 1. The van der Waals surface area contributed by atoms with E-state index in [0.29, 0.717) is 37.9 Å². The standard InChI is InChI=1S/C16H32O4/c1-13(2)8-11-19-16(5,10-7-15(17)18-6)20-12-9-14(3)4/h13-14H,7-12H2,1-6H3. The molecular weight excluding hydrogens is 256 g/mol. The number of hydrogen-bond donors (Lipinski definition) is 0. The molecule has 0 atom stereocenters. The van der Waals surface area contributed by atoms with Crippen molar-refractivity contribution in [2.24, 2.45) is 11.8 Å². The van der Waals surface area contributed by atoms with Crippen LogP contribution in [0.15, 0.2) is 0 Å². The Morgan fingerprint density at radius 2 is 1.45 bits per heavy atom. The third-order valence-electron chi connectivity index (χ3n) is 3.22. The number of carbonyl (C=O) groups excluding carboxylic acids is 1. The maximum absolute atomic E-state index is 11.3. The Kier molecular flexibility index (Phi) is 9.86. The Morgan fingerprint density at radius 1 is 1.00 bits per heavy atom. The van der Waals surface area contributed by atoms with Gasteiger partial charge in [0.05, 0.1) is 26.7 Å². The van der Waals surface area contributed by atoms with Gasteiger partial charge in [0.2, 0.25) is 0 Å². The summed E-state index contributed by atoms with van der Waals surface area (Å²) in [6.07, 6.45) is 2.81. The van der Waals surface area contributed by atoms with Crippen molar-refractivity contribution in [3.63, 3.8) is 0 Å². The molecule has 0 aromatic heterocycles. The highest BCUT2D eigenvalue weighted by molar-refractivity contribution is 5.69. The molecule has 4 heteroatoms. The fourth-order valence-corrected chi connectivity index (χ4v) is 1.64. The molecule has 0 bridgehead atoms. The molecule has 0 aromatic rings. The van der Waals surface area contributed by atoms with Crippen LogP contribution in [0.4, 0.5) is 0 Å². The summed E-state index contributed by atoms with van der Waals surface area (Å²) >= 11 is 0. The number of carbonyl (C=O) groups is 1. The number of hydrogen-bond acceptors (Lipinski definition) is 4. The van der Waals surface area contributed by atoms with E-state index in [-0.39, 0.29) is 5.97 Å². The van der Waals surface area contributed by atoms with E-state index < -0.39 is 5.79 Å². The molecule has 0 saturated carbocycles. The van der Waals surface area contributed by atoms with Gasteiger partial charge in [0.1, 0.15) is 0 Å². The van der Waals surface area contributed by atoms with Crippen LogP contribution < -0.4 is 0 Å². The zero-order valence-electron chi connectivity index (χ0n) is 14.0. The van der Waals surface area contributed by atoms with Crippen LogP contribution in [0.25, 0.3) is 0 Å². The molecule has 0 saturated heterocycles.